The Labute approximate surface area is 205 Å². The summed E-state index contributed by atoms with van der Waals surface area (Å²) in [6.45, 7) is 0.394. The number of H-pyrrole nitrogens is 2. The van der Waals surface area contributed by atoms with Gasteiger partial charge in [0.25, 0.3) is 5.69 Å². The number of aromatic hydroxyl groups is 1. The summed E-state index contributed by atoms with van der Waals surface area (Å²) in [5.41, 5.74) is 11.3. The van der Waals surface area contributed by atoms with Crippen LogP contribution in [0.2, 0.25) is 0 Å². The molecule has 178 valence electrons. The maximum atomic E-state index is 11.4. The number of nitrogens with zero attached hydrogens (tertiary/aromatic N) is 3. The van der Waals surface area contributed by atoms with Gasteiger partial charge < -0.3 is 20.8 Å². The Morgan fingerprint density at radius 3 is 2.53 bits per heavy atom. The first-order chi connectivity index (χ1) is 17.5. The first kappa shape index (κ1) is 22.8. The third-order valence-corrected chi connectivity index (χ3v) is 5.78. The summed E-state index contributed by atoms with van der Waals surface area (Å²) >= 11 is 0. The largest absolute Gasteiger partial charge is 0.494 e. The van der Waals surface area contributed by atoms with Gasteiger partial charge in [-0.2, -0.15) is 0 Å². The number of fused-ring (bicyclic) bond motifs is 1. The number of nitro groups is 1. The first-order valence-electron chi connectivity index (χ1n) is 11.2. The lowest BCUT2D eigenvalue weighted by Gasteiger charge is -2.09. The summed E-state index contributed by atoms with van der Waals surface area (Å²) in [6.07, 6.45) is 7.23. The van der Waals surface area contributed by atoms with E-state index in [2.05, 4.69) is 15.0 Å². The van der Waals surface area contributed by atoms with Crippen LogP contribution in [0.1, 0.15) is 27.9 Å². The zero-order valence-electron chi connectivity index (χ0n) is 19.1. The number of nitrogens with one attached hydrogen (secondary N) is 2. The van der Waals surface area contributed by atoms with Crippen LogP contribution < -0.4 is 5.73 Å². The molecule has 3 aromatic carbocycles. The van der Waals surface area contributed by atoms with Crippen LogP contribution >= 0.6 is 0 Å². The molecule has 5 rings (SSSR count). The van der Waals surface area contributed by atoms with Crippen LogP contribution in [0.15, 0.2) is 84.2 Å². The van der Waals surface area contributed by atoms with Crippen LogP contribution in [-0.4, -0.2) is 30.7 Å². The fraction of sp³-hybridized carbons (Fsp3) is 0.0370. The highest BCUT2D eigenvalue weighted by Gasteiger charge is 2.21. The molecule has 0 saturated heterocycles. The highest BCUT2D eigenvalue weighted by molar-refractivity contribution is 6.22. The molecular formula is C27H22N6O3. The van der Waals surface area contributed by atoms with E-state index in [0.29, 0.717) is 34.4 Å². The molecule has 0 aliphatic heterocycles. The molecule has 0 radical (unpaired) electrons. The van der Waals surface area contributed by atoms with Gasteiger partial charge in [0.1, 0.15) is 0 Å². The number of imidazole rings is 1. The second-order valence-electron chi connectivity index (χ2n) is 8.13. The molecule has 5 aromatic rings. The molecule has 0 fully saturated rings. The predicted molar refractivity (Wildman–Crippen MR) is 140 cm³/mol. The van der Waals surface area contributed by atoms with Gasteiger partial charge in [0.2, 0.25) is 0 Å². The monoisotopic (exact) mass is 478 g/mol. The lowest BCUT2D eigenvalue weighted by atomic mass is 9.99. The minimum atomic E-state index is -0.463. The number of aromatic amines is 2. The smallest absolute Gasteiger partial charge is 0.270 e. The Kier molecular flexibility index (Phi) is 6.12. The fourth-order valence-electron chi connectivity index (χ4n) is 3.92. The van der Waals surface area contributed by atoms with Gasteiger partial charge in [-0.05, 0) is 35.4 Å². The Hall–Kier alpha value is -5.02. The molecular weight excluding hydrogens is 456 g/mol. The van der Waals surface area contributed by atoms with Crippen molar-refractivity contribution in [3.63, 3.8) is 0 Å². The van der Waals surface area contributed by atoms with Crippen molar-refractivity contribution in [2.24, 2.45) is 10.7 Å². The zero-order chi connectivity index (χ0) is 25.1. The quantitative estimate of drug-likeness (QED) is 0.142. The Bertz CT molecular complexity index is 1580. The van der Waals surface area contributed by atoms with Crippen molar-refractivity contribution in [3.8, 4) is 5.88 Å². The molecule has 36 heavy (non-hydrogen) atoms. The van der Waals surface area contributed by atoms with E-state index in [1.807, 2.05) is 60.7 Å². The van der Waals surface area contributed by atoms with E-state index < -0.39 is 4.92 Å². The van der Waals surface area contributed by atoms with E-state index in [1.54, 1.807) is 18.6 Å². The molecule has 0 aliphatic rings. The number of aliphatic imine (C=N–C) groups is 1. The van der Waals surface area contributed by atoms with Gasteiger partial charge in [-0.15, -0.1) is 0 Å². The topological polar surface area (TPSA) is 146 Å². The molecule has 2 heterocycles. The van der Waals surface area contributed by atoms with Crippen LogP contribution in [0.3, 0.4) is 0 Å². The van der Waals surface area contributed by atoms with Crippen molar-refractivity contribution in [2.75, 3.05) is 0 Å². The molecule has 9 nitrogen and oxygen atoms in total. The first-order valence-corrected chi connectivity index (χ1v) is 11.2. The van der Waals surface area contributed by atoms with Crippen molar-refractivity contribution >= 4 is 40.1 Å². The van der Waals surface area contributed by atoms with Gasteiger partial charge in [0.15, 0.2) is 5.88 Å². The summed E-state index contributed by atoms with van der Waals surface area (Å²) in [4.78, 5) is 25.7. The average Bonchev–Trinajstić information content (AvgIpc) is 3.53. The number of hydrogen-bond donors (Lipinski definition) is 4. The van der Waals surface area contributed by atoms with Gasteiger partial charge in [-0.25, -0.2) is 9.98 Å². The average molecular weight is 479 g/mol. The highest BCUT2D eigenvalue weighted by atomic mass is 16.6. The summed E-state index contributed by atoms with van der Waals surface area (Å²) in [5, 5.41) is 22.7. The van der Waals surface area contributed by atoms with E-state index in [0.717, 1.165) is 22.4 Å². The second-order valence-corrected chi connectivity index (χ2v) is 8.13. The molecule has 0 amide bonds. The maximum Gasteiger partial charge on any atom is 0.270 e. The van der Waals surface area contributed by atoms with Crippen LogP contribution in [0, 0.1) is 10.1 Å². The van der Waals surface area contributed by atoms with Crippen LogP contribution in [0.25, 0.3) is 23.1 Å². The molecule has 0 bridgehead atoms. The summed E-state index contributed by atoms with van der Waals surface area (Å²) in [6, 6.07) is 19.5. The van der Waals surface area contributed by atoms with Gasteiger partial charge >= 0.3 is 0 Å². The number of benzene rings is 3. The number of rotatable bonds is 7. The van der Waals surface area contributed by atoms with E-state index >= 15 is 0 Å². The van der Waals surface area contributed by atoms with E-state index in [9.17, 15) is 15.2 Å². The van der Waals surface area contributed by atoms with Crippen molar-refractivity contribution in [2.45, 2.75) is 6.54 Å². The molecule has 5 N–H and O–H groups in total. The lowest BCUT2D eigenvalue weighted by molar-refractivity contribution is -0.384. The molecule has 0 spiro atoms. The summed E-state index contributed by atoms with van der Waals surface area (Å²) in [5.74, 6) is -0.119. The summed E-state index contributed by atoms with van der Waals surface area (Å²) in [7, 11) is 0. The van der Waals surface area contributed by atoms with E-state index in [4.69, 9.17) is 10.7 Å². The normalized spacial score (nSPS) is 12.0. The second kappa shape index (κ2) is 9.69. The van der Waals surface area contributed by atoms with Crippen molar-refractivity contribution in [3.05, 3.63) is 117 Å². The minimum Gasteiger partial charge on any atom is -0.494 e. The molecule has 0 unspecified atom stereocenters. The number of nitro benzene ring substituents is 1. The molecule has 9 heteroatoms. The van der Waals surface area contributed by atoms with Gasteiger partial charge in [-0.3, -0.25) is 10.1 Å². The van der Waals surface area contributed by atoms with Crippen LogP contribution in [0.5, 0.6) is 5.88 Å². The molecule has 0 aliphatic carbocycles. The van der Waals surface area contributed by atoms with Crippen molar-refractivity contribution < 1.29 is 10.0 Å². The fourth-order valence-corrected chi connectivity index (χ4v) is 3.92. The Morgan fingerprint density at radius 1 is 1.08 bits per heavy atom. The zero-order valence-corrected chi connectivity index (χ0v) is 19.1. The Balaban J connectivity index is 1.61. The standard InChI is InChI=1S/C27H22N6O3/c28-14-18-1-6-19(7-2-18)26(25-23-13-22(33(35)36)11-12-24(23)32-27(25)34)31-20-8-3-17(4-9-20)5-10-21-15-29-16-30-21/h1-13,15-16,32,34H,14,28H2,(H,29,30). The van der Waals surface area contributed by atoms with E-state index in [1.165, 1.54) is 12.1 Å². The van der Waals surface area contributed by atoms with Crippen molar-refractivity contribution in [1.29, 1.82) is 0 Å². The lowest BCUT2D eigenvalue weighted by Crippen LogP contribution is -2.04. The number of non-ortho nitro benzene ring substituents is 1. The van der Waals surface area contributed by atoms with Gasteiger partial charge in [-0.1, -0.05) is 42.5 Å². The van der Waals surface area contributed by atoms with Crippen LogP contribution in [-0.2, 0) is 6.54 Å². The third kappa shape index (κ3) is 4.63. The van der Waals surface area contributed by atoms with Crippen LogP contribution in [0.4, 0.5) is 11.4 Å². The van der Waals surface area contributed by atoms with Gasteiger partial charge in [0, 0.05) is 35.1 Å². The minimum absolute atomic E-state index is 0.0750. The van der Waals surface area contributed by atoms with Gasteiger partial charge in [0.05, 0.1) is 40.1 Å². The maximum absolute atomic E-state index is 11.4. The molecule has 0 atom stereocenters. The Morgan fingerprint density at radius 2 is 1.86 bits per heavy atom. The highest BCUT2D eigenvalue weighted by Crippen LogP contribution is 2.33. The SMILES string of the molecule is NCc1ccc(C(=Nc2ccc(C=Cc3cnc[nH]3)cc2)c2c(O)[nH]c3ccc([N+](=O)[O-])cc23)cc1. The summed E-state index contributed by atoms with van der Waals surface area (Å²) < 4.78 is 0. The third-order valence-electron chi connectivity index (χ3n) is 5.78. The molecule has 0 saturated carbocycles. The van der Waals surface area contributed by atoms with Crippen molar-refractivity contribution in [1.82, 2.24) is 15.0 Å². The van der Waals surface area contributed by atoms with E-state index in [-0.39, 0.29) is 11.6 Å². The number of hydrogen-bond acceptors (Lipinski definition) is 6. The number of aromatic nitrogens is 3. The predicted octanol–water partition coefficient (Wildman–Crippen LogP) is 5.30. The molecule has 2 aromatic heterocycles. The number of nitrogens with two attached hydrogens (primary N) is 1.